The van der Waals surface area contributed by atoms with Crippen molar-refractivity contribution >= 4 is 53.2 Å². The summed E-state index contributed by atoms with van der Waals surface area (Å²) in [6.45, 7) is 9.42. The van der Waals surface area contributed by atoms with Crippen LogP contribution in [0.5, 0.6) is 11.8 Å². The first-order valence-electron chi connectivity index (χ1n) is 15.9. The molecule has 0 saturated heterocycles. The largest absolute Gasteiger partial charge is 1.00 e. The molecule has 0 aliphatic carbocycles. The first-order valence-corrected chi connectivity index (χ1v) is 17.0. The Morgan fingerprint density at radius 3 is 1.66 bits per heavy atom. The summed E-state index contributed by atoms with van der Waals surface area (Å²) in [4.78, 5) is 42.7. The molecule has 0 radical (unpaired) electrons. The van der Waals surface area contributed by atoms with E-state index in [4.69, 9.17) is 59.1 Å². The molecule has 0 spiro atoms. The van der Waals surface area contributed by atoms with E-state index in [9.17, 15) is 35.9 Å². The van der Waals surface area contributed by atoms with Crippen molar-refractivity contribution in [3.8, 4) is 17.6 Å². The zero-order valence-corrected chi connectivity index (χ0v) is 41.4. The van der Waals surface area contributed by atoms with Crippen LogP contribution in [0.25, 0.3) is 5.82 Å². The number of esters is 2. The van der Waals surface area contributed by atoms with E-state index in [1.165, 1.54) is 53.5 Å². The van der Waals surface area contributed by atoms with Crippen LogP contribution in [0.1, 0.15) is 76.5 Å². The van der Waals surface area contributed by atoms with Crippen LogP contribution in [0.3, 0.4) is 0 Å². The van der Waals surface area contributed by atoms with Gasteiger partial charge >= 0.3 is 127 Å². The van der Waals surface area contributed by atoms with Crippen LogP contribution in [0.4, 0.5) is 26.3 Å². The number of ether oxygens (including phenoxy) is 4. The van der Waals surface area contributed by atoms with Crippen LogP contribution in [-0.2, 0) is 19.2 Å². The maximum atomic E-state index is 12.1. The van der Waals surface area contributed by atoms with Gasteiger partial charge in [0.1, 0.15) is 26.7 Å². The van der Waals surface area contributed by atoms with Gasteiger partial charge in [0.15, 0.2) is 5.82 Å². The second kappa shape index (κ2) is 28.2. The molecule has 1 N–H and O–H groups in total. The Morgan fingerprint density at radius 1 is 0.780 bits per heavy atom. The predicted octanol–water partition coefficient (Wildman–Crippen LogP) is 1.85. The van der Waals surface area contributed by atoms with Gasteiger partial charge in [-0.15, -0.1) is 5.10 Å². The van der Waals surface area contributed by atoms with Crippen molar-refractivity contribution in [1.29, 1.82) is 0 Å². The SMILES string of the molecule is CC(C)(C)OC(=O)c1ccc(-n2ccc(OCCC(F)(F)F)n2)nc1Cl.CC(C)(C)OC(=O)c1ccc(Cl)nc1Cl.FC(F)(F)CCOc1ccn[nH]1.O=CO[O-].[H-].[K+].[K+]. The number of carbonyl (C=O) groups is 3. The van der Waals surface area contributed by atoms with Gasteiger partial charge in [0, 0.05) is 18.3 Å². The van der Waals surface area contributed by atoms with Crippen molar-refractivity contribution in [2.45, 2.75) is 77.9 Å². The average molecular weight is 960 g/mol. The van der Waals surface area contributed by atoms with Gasteiger partial charge in [-0.3, -0.25) is 4.79 Å². The zero-order chi connectivity index (χ0) is 43.6. The molecule has 0 unspecified atom stereocenters. The van der Waals surface area contributed by atoms with Crippen molar-refractivity contribution in [3.63, 3.8) is 0 Å². The van der Waals surface area contributed by atoms with Gasteiger partial charge in [-0.25, -0.2) is 29.3 Å². The number of carbonyl (C=O) groups excluding carboxylic acids is 3. The number of pyridine rings is 2. The van der Waals surface area contributed by atoms with Gasteiger partial charge in [-0.2, -0.15) is 31.4 Å². The Hall–Kier alpha value is -1.59. The molecule has 0 aromatic carbocycles. The molecule has 318 valence electrons. The Morgan fingerprint density at radius 2 is 1.25 bits per heavy atom. The fraction of sp³-hybridized carbons (Fsp3) is 0.424. The van der Waals surface area contributed by atoms with E-state index in [0.29, 0.717) is 0 Å². The summed E-state index contributed by atoms with van der Waals surface area (Å²) in [5.74, 6) is -0.578. The predicted molar refractivity (Wildman–Crippen MR) is 190 cm³/mol. The van der Waals surface area contributed by atoms with Crippen molar-refractivity contribution in [3.05, 3.63) is 75.4 Å². The molecule has 26 heteroatoms. The van der Waals surface area contributed by atoms with Crippen LogP contribution >= 0.6 is 34.8 Å². The van der Waals surface area contributed by atoms with E-state index in [2.05, 4.69) is 34.9 Å². The van der Waals surface area contributed by atoms with Gasteiger partial charge in [0.05, 0.1) is 43.4 Å². The number of nitrogens with zero attached hydrogens (tertiary/aromatic N) is 5. The number of aromatic amines is 1. The number of aromatic nitrogens is 6. The fourth-order valence-electron chi connectivity index (χ4n) is 3.32. The Balaban J connectivity index is -0.000000816. The summed E-state index contributed by atoms with van der Waals surface area (Å²) in [7, 11) is 0. The summed E-state index contributed by atoms with van der Waals surface area (Å²) in [6.07, 6.45) is -7.63. The normalized spacial score (nSPS) is 10.9. The molecule has 0 fully saturated rings. The molecule has 4 aromatic rings. The monoisotopic (exact) mass is 958 g/mol. The number of rotatable bonds is 10. The minimum absolute atomic E-state index is 0. The third-order valence-electron chi connectivity index (χ3n) is 5.48. The molecule has 59 heavy (non-hydrogen) atoms. The summed E-state index contributed by atoms with van der Waals surface area (Å²) in [6, 6.07) is 8.75. The molecule has 4 rings (SSSR count). The Bertz CT molecular complexity index is 1870. The van der Waals surface area contributed by atoms with E-state index in [0.717, 1.165) is 0 Å². The van der Waals surface area contributed by atoms with Crippen LogP contribution in [-0.4, -0.2) is 85.1 Å². The van der Waals surface area contributed by atoms with Crippen molar-refractivity contribution < 1.29 is 174 Å². The molecule has 4 aromatic heterocycles. The molecule has 4 heterocycles. The van der Waals surface area contributed by atoms with Gasteiger partial charge in [0.2, 0.25) is 11.8 Å². The number of halogens is 9. The summed E-state index contributed by atoms with van der Waals surface area (Å²) >= 11 is 17.4. The Labute approximate surface area is 435 Å². The first-order chi connectivity index (χ1) is 26.2. The number of hydrogen-bond acceptors (Lipinski definition) is 13. The van der Waals surface area contributed by atoms with Crippen LogP contribution in [0.2, 0.25) is 15.5 Å². The van der Waals surface area contributed by atoms with E-state index in [1.807, 2.05) is 0 Å². The van der Waals surface area contributed by atoms with E-state index >= 15 is 0 Å². The number of nitrogens with one attached hydrogen (secondary N) is 1. The first kappa shape index (κ1) is 59.5. The topological polar surface area (TPSA) is 193 Å². The van der Waals surface area contributed by atoms with E-state index in [-0.39, 0.29) is 161 Å². The maximum Gasteiger partial charge on any atom is 1.00 e. The molecule has 0 aliphatic rings. The van der Waals surface area contributed by atoms with Crippen molar-refractivity contribution in [2.75, 3.05) is 13.2 Å². The molecule has 0 atom stereocenters. The molecule has 0 aliphatic heterocycles. The average Bonchev–Trinajstić information content (AvgIpc) is 3.75. The zero-order valence-electron chi connectivity index (χ0n) is 33.8. The fourth-order valence-corrected chi connectivity index (χ4v) is 3.97. The second-order valence-electron chi connectivity index (χ2n) is 12.6. The van der Waals surface area contributed by atoms with Gasteiger partial charge < -0.3 is 30.5 Å². The van der Waals surface area contributed by atoms with Crippen LogP contribution in [0.15, 0.2) is 48.8 Å². The summed E-state index contributed by atoms with van der Waals surface area (Å²) < 4.78 is 92.3. The number of alkyl halides is 6. The molecule has 15 nitrogen and oxygen atoms in total. The molecular formula is C33H37Cl3F6K2N6O9. The number of hydrogen-bond donors (Lipinski definition) is 1. The third kappa shape index (κ3) is 27.9. The molecular weight excluding hydrogens is 923 g/mol. The summed E-state index contributed by atoms with van der Waals surface area (Å²) in [5, 5.41) is 18.5. The van der Waals surface area contributed by atoms with Crippen LogP contribution < -0.4 is 118 Å². The smallest absolute Gasteiger partial charge is 1.00 e. The van der Waals surface area contributed by atoms with E-state index in [1.54, 1.807) is 41.5 Å². The van der Waals surface area contributed by atoms with Crippen LogP contribution in [0, 0.1) is 0 Å². The quantitative estimate of drug-likeness (QED) is 0.0461. The summed E-state index contributed by atoms with van der Waals surface area (Å²) in [5.41, 5.74) is -0.917. The van der Waals surface area contributed by atoms with Crippen molar-refractivity contribution in [2.24, 2.45) is 0 Å². The van der Waals surface area contributed by atoms with Gasteiger partial charge in [0.25, 0.3) is 6.47 Å². The maximum absolute atomic E-state index is 12.1. The van der Waals surface area contributed by atoms with E-state index < -0.39 is 54.9 Å². The standard InChI is InChI=1S/C16H17ClF3N3O3.C10H11Cl2NO2.C6H7F3N2O.CH2O3.2K.H/c1-15(2,3)26-14(24)10-4-5-11(21-13(10)17)23-8-6-12(22-23)25-9-7-16(18,19)20;1-10(2,3)15-9(14)6-4-5-7(11)13-8(6)12;7-6(8,9)2-4-12-5-1-3-10-11-5;2-1-4-3;;;/h4-6,8H,7,9H2,1-3H3;4-5H,1-3H3;1,3H,2,4H2,(H,10,11);1,3H;;;/q;;;;2*+1;-1/p-1. The second-order valence-corrected chi connectivity index (χ2v) is 13.7. The van der Waals surface area contributed by atoms with Gasteiger partial charge in [-0.1, -0.05) is 34.8 Å². The number of H-pyrrole nitrogens is 1. The van der Waals surface area contributed by atoms with Crippen molar-refractivity contribution in [1.82, 2.24) is 29.9 Å². The van der Waals surface area contributed by atoms with Gasteiger partial charge in [-0.05, 0) is 65.8 Å². The molecule has 0 amide bonds. The molecule has 0 saturated carbocycles. The molecule has 0 bridgehead atoms. The minimum Gasteiger partial charge on any atom is -1.00 e. The minimum atomic E-state index is -4.30. The third-order valence-corrected chi connectivity index (χ3v) is 6.27. The Kier molecular flexibility index (Phi) is 28.4.